The van der Waals surface area contributed by atoms with Gasteiger partial charge in [-0.15, -0.1) is 0 Å². The van der Waals surface area contributed by atoms with Crippen LogP contribution in [0.2, 0.25) is 0 Å². The standard InChI is InChI=1S/C19H22N4O3S/c1-13-16(18(24)26-9-8-25-2)17(22-19(27)21-13)15-10-20-23(12-15)11-14-6-4-3-5-7-14/h3-7,10,12,17H,8-9,11H2,1-2H3,(H2,21,22,27). The van der Waals surface area contributed by atoms with E-state index in [1.807, 2.05) is 41.2 Å². The number of methoxy groups -OCH3 is 1. The number of ether oxygens (including phenoxy) is 2. The maximum atomic E-state index is 12.6. The summed E-state index contributed by atoms with van der Waals surface area (Å²) in [4.78, 5) is 12.6. The van der Waals surface area contributed by atoms with Gasteiger partial charge in [-0.05, 0) is 24.7 Å². The highest BCUT2D eigenvalue weighted by Gasteiger charge is 2.31. The Bertz CT molecular complexity index is 848. The predicted molar refractivity (Wildman–Crippen MR) is 105 cm³/mol. The van der Waals surface area contributed by atoms with E-state index in [2.05, 4.69) is 15.7 Å². The Morgan fingerprint density at radius 2 is 2.07 bits per heavy atom. The molecule has 0 radical (unpaired) electrons. The SMILES string of the molecule is COCCOC(=O)C1=C(C)NC(=S)NC1c1cnn(Cc2ccccc2)c1. The Balaban J connectivity index is 1.81. The highest BCUT2D eigenvalue weighted by Crippen LogP contribution is 2.27. The Hall–Kier alpha value is -2.71. The molecule has 0 aliphatic carbocycles. The van der Waals surface area contributed by atoms with Crippen LogP contribution in [0.15, 0.2) is 54.0 Å². The summed E-state index contributed by atoms with van der Waals surface area (Å²) < 4.78 is 12.1. The Morgan fingerprint density at radius 3 is 2.81 bits per heavy atom. The number of nitrogens with one attached hydrogen (secondary N) is 2. The summed E-state index contributed by atoms with van der Waals surface area (Å²) in [6.07, 6.45) is 3.65. The number of thiocarbonyl (C=S) groups is 1. The summed E-state index contributed by atoms with van der Waals surface area (Å²) >= 11 is 5.26. The van der Waals surface area contributed by atoms with Crippen molar-refractivity contribution in [3.63, 3.8) is 0 Å². The number of esters is 1. The molecule has 0 spiro atoms. The van der Waals surface area contributed by atoms with Crippen molar-refractivity contribution in [1.82, 2.24) is 20.4 Å². The number of carbonyl (C=O) groups excluding carboxylic acids is 1. The fourth-order valence-electron chi connectivity index (χ4n) is 2.90. The van der Waals surface area contributed by atoms with E-state index in [0.717, 1.165) is 11.1 Å². The number of benzene rings is 1. The van der Waals surface area contributed by atoms with Crippen molar-refractivity contribution in [2.24, 2.45) is 0 Å². The molecule has 3 rings (SSSR count). The topological polar surface area (TPSA) is 77.4 Å². The molecule has 8 heteroatoms. The van der Waals surface area contributed by atoms with Gasteiger partial charge in [0.15, 0.2) is 5.11 Å². The number of aromatic nitrogens is 2. The third kappa shape index (κ3) is 4.72. The van der Waals surface area contributed by atoms with Gasteiger partial charge in [-0.3, -0.25) is 4.68 Å². The molecule has 2 heterocycles. The molecule has 0 saturated heterocycles. The Labute approximate surface area is 163 Å². The van der Waals surface area contributed by atoms with Gasteiger partial charge < -0.3 is 20.1 Å². The first-order chi connectivity index (χ1) is 13.1. The van der Waals surface area contributed by atoms with Crippen molar-refractivity contribution in [2.75, 3.05) is 20.3 Å². The molecule has 2 N–H and O–H groups in total. The summed E-state index contributed by atoms with van der Waals surface area (Å²) in [5, 5.41) is 11.0. The fraction of sp³-hybridized carbons (Fsp3) is 0.316. The van der Waals surface area contributed by atoms with Gasteiger partial charge in [-0.2, -0.15) is 5.10 Å². The molecule has 1 aliphatic heterocycles. The van der Waals surface area contributed by atoms with Gasteiger partial charge in [-0.1, -0.05) is 30.3 Å². The molecule has 1 aromatic carbocycles. The minimum absolute atomic E-state index is 0.191. The predicted octanol–water partition coefficient (Wildman–Crippen LogP) is 1.91. The lowest BCUT2D eigenvalue weighted by molar-refractivity contribution is -0.140. The van der Waals surface area contributed by atoms with E-state index in [1.54, 1.807) is 20.2 Å². The number of allylic oxidation sites excluding steroid dienone is 1. The van der Waals surface area contributed by atoms with Crippen LogP contribution >= 0.6 is 12.2 Å². The summed E-state index contributed by atoms with van der Waals surface area (Å²) in [6, 6.07) is 9.63. The van der Waals surface area contributed by atoms with Crippen LogP contribution in [0.4, 0.5) is 0 Å². The molecule has 1 atom stereocenters. The van der Waals surface area contributed by atoms with Gasteiger partial charge in [0, 0.05) is 24.6 Å². The first-order valence-electron chi connectivity index (χ1n) is 8.59. The van der Waals surface area contributed by atoms with E-state index in [4.69, 9.17) is 21.7 Å². The molecule has 0 amide bonds. The Morgan fingerprint density at radius 1 is 1.30 bits per heavy atom. The largest absolute Gasteiger partial charge is 0.460 e. The van der Waals surface area contributed by atoms with E-state index >= 15 is 0 Å². The molecule has 142 valence electrons. The molecule has 0 fully saturated rings. The van der Waals surface area contributed by atoms with Gasteiger partial charge >= 0.3 is 5.97 Å². The molecule has 7 nitrogen and oxygen atoms in total. The van der Waals surface area contributed by atoms with E-state index in [1.165, 1.54) is 0 Å². The van der Waals surface area contributed by atoms with Crippen molar-refractivity contribution in [3.05, 3.63) is 65.1 Å². The highest BCUT2D eigenvalue weighted by atomic mass is 32.1. The van der Waals surface area contributed by atoms with E-state index in [0.29, 0.717) is 29.5 Å². The molecule has 27 heavy (non-hydrogen) atoms. The average Bonchev–Trinajstić information content (AvgIpc) is 3.10. The smallest absolute Gasteiger partial charge is 0.338 e. The van der Waals surface area contributed by atoms with E-state index < -0.39 is 12.0 Å². The number of rotatable bonds is 7. The minimum Gasteiger partial charge on any atom is -0.460 e. The molecule has 0 saturated carbocycles. The van der Waals surface area contributed by atoms with Crippen LogP contribution in [-0.2, 0) is 20.8 Å². The average molecular weight is 386 g/mol. The maximum absolute atomic E-state index is 12.6. The maximum Gasteiger partial charge on any atom is 0.338 e. The second kappa shape index (κ2) is 8.79. The first-order valence-corrected chi connectivity index (χ1v) is 9.00. The van der Waals surface area contributed by atoms with E-state index in [-0.39, 0.29) is 6.61 Å². The zero-order valence-corrected chi connectivity index (χ0v) is 16.1. The third-order valence-electron chi connectivity index (χ3n) is 4.18. The second-order valence-electron chi connectivity index (χ2n) is 6.16. The molecule has 0 bridgehead atoms. The number of nitrogens with zero attached hydrogens (tertiary/aromatic N) is 2. The highest BCUT2D eigenvalue weighted by molar-refractivity contribution is 7.80. The summed E-state index contributed by atoms with van der Waals surface area (Å²) in [5.41, 5.74) is 3.14. The van der Waals surface area contributed by atoms with Crippen LogP contribution in [-0.4, -0.2) is 41.2 Å². The fourth-order valence-corrected chi connectivity index (χ4v) is 3.17. The minimum atomic E-state index is -0.418. The number of hydrogen-bond donors (Lipinski definition) is 2. The molecular formula is C19H22N4O3S. The summed E-state index contributed by atoms with van der Waals surface area (Å²) in [5.74, 6) is -0.409. The van der Waals surface area contributed by atoms with Crippen molar-refractivity contribution in [1.29, 1.82) is 0 Å². The van der Waals surface area contributed by atoms with Gasteiger partial charge in [0.05, 0.1) is 31.0 Å². The van der Waals surface area contributed by atoms with E-state index in [9.17, 15) is 4.79 Å². The number of hydrogen-bond acceptors (Lipinski definition) is 5. The van der Waals surface area contributed by atoms with Crippen LogP contribution in [0.1, 0.15) is 24.1 Å². The number of carbonyl (C=O) groups is 1. The van der Waals surface area contributed by atoms with Crippen molar-refractivity contribution in [3.8, 4) is 0 Å². The van der Waals surface area contributed by atoms with Crippen molar-refractivity contribution in [2.45, 2.75) is 19.5 Å². The van der Waals surface area contributed by atoms with Crippen LogP contribution in [0.5, 0.6) is 0 Å². The molecular weight excluding hydrogens is 364 g/mol. The van der Waals surface area contributed by atoms with Crippen LogP contribution in [0, 0.1) is 0 Å². The van der Waals surface area contributed by atoms with Gasteiger partial charge in [-0.25, -0.2) is 4.79 Å². The first kappa shape index (κ1) is 19.1. The molecule has 1 aromatic heterocycles. The van der Waals surface area contributed by atoms with Crippen molar-refractivity contribution >= 4 is 23.3 Å². The quantitative estimate of drug-likeness (QED) is 0.428. The molecule has 1 unspecified atom stereocenters. The lowest BCUT2D eigenvalue weighted by Gasteiger charge is -2.28. The van der Waals surface area contributed by atoms with Gasteiger partial charge in [0.2, 0.25) is 0 Å². The lowest BCUT2D eigenvalue weighted by atomic mass is 9.98. The second-order valence-corrected chi connectivity index (χ2v) is 6.56. The zero-order chi connectivity index (χ0) is 19.2. The monoisotopic (exact) mass is 386 g/mol. The summed E-state index contributed by atoms with van der Waals surface area (Å²) in [6.45, 7) is 2.99. The Kier molecular flexibility index (Phi) is 6.20. The van der Waals surface area contributed by atoms with Gasteiger partial charge in [0.1, 0.15) is 6.61 Å². The third-order valence-corrected chi connectivity index (χ3v) is 4.40. The molecule has 1 aliphatic rings. The van der Waals surface area contributed by atoms with Gasteiger partial charge in [0.25, 0.3) is 0 Å². The molecule has 2 aromatic rings. The summed E-state index contributed by atoms with van der Waals surface area (Å²) in [7, 11) is 1.56. The van der Waals surface area contributed by atoms with Crippen LogP contribution in [0.25, 0.3) is 0 Å². The zero-order valence-electron chi connectivity index (χ0n) is 15.3. The normalized spacial score (nSPS) is 16.7. The van der Waals surface area contributed by atoms with Crippen LogP contribution < -0.4 is 10.6 Å². The lowest BCUT2D eigenvalue weighted by Crippen LogP contribution is -2.45. The van der Waals surface area contributed by atoms with Crippen molar-refractivity contribution < 1.29 is 14.3 Å². The van der Waals surface area contributed by atoms with Crippen LogP contribution in [0.3, 0.4) is 0 Å².